The molecule has 2 rings (SSSR count). The van der Waals surface area contributed by atoms with Crippen LogP contribution in [0.5, 0.6) is 0 Å². The molecule has 0 unspecified atom stereocenters. The molecule has 0 N–H and O–H groups in total. The van der Waals surface area contributed by atoms with Gasteiger partial charge in [0, 0.05) is 13.5 Å². The molecule has 0 aromatic carbocycles. The van der Waals surface area contributed by atoms with E-state index >= 15 is 0 Å². The second-order valence-electron chi connectivity index (χ2n) is 4.33. The number of aromatic nitrogens is 4. The Morgan fingerprint density at radius 2 is 2.11 bits per heavy atom. The molecule has 0 radical (unpaired) electrons. The van der Waals surface area contributed by atoms with Crippen molar-refractivity contribution in [2.75, 3.05) is 0 Å². The monoisotopic (exact) mass is 262 g/mol. The first-order valence-electron chi connectivity index (χ1n) is 6.07. The van der Waals surface area contributed by atoms with E-state index in [9.17, 15) is 0 Å². The number of thiazole rings is 1. The van der Waals surface area contributed by atoms with Gasteiger partial charge in [0.2, 0.25) is 0 Å². The van der Waals surface area contributed by atoms with Gasteiger partial charge in [-0.2, -0.15) is 0 Å². The molecule has 0 bridgehead atoms. The Morgan fingerprint density at radius 1 is 1.33 bits per heavy atom. The average Bonchev–Trinajstić information content (AvgIpc) is 2.83. The molecule has 18 heavy (non-hydrogen) atoms. The van der Waals surface area contributed by atoms with Crippen LogP contribution in [0.2, 0.25) is 0 Å². The molecule has 5 heteroatoms. The lowest BCUT2D eigenvalue weighted by Crippen LogP contribution is -1.99. The summed E-state index contributed by atoms with van der Waals surface area (Å²) in [4.78, 5) is 5.56. The van der Waals surface area contributed by atoms with Gasteiger partial charge in [0.25, 0.3) is 0 Å². The van der Waals surface area contributed by atoms with Crippen LogP contribution in [0.3, 0.4) is 0 Å². The third-order valence-electron chi connectivity index (χ3n) is 2.88. The van der Waals surface area contributed by atoms with Crippen molar-refractivity contribution in [3.8, 4) is 10.7 Å². The van der Waals surface area contributed by atoms with Crippen LogP contribution >= 0.6 is 11.3 Å². The lowest BCUT2D eigenvalue weighted by atomic mass is 10.2. The summed E-state index contributed by atoms with van der Waals surface area (Å²) in [6.45, 7) is 7.77. The van der Waals surface area contributed by atoms with Crippen LogP contribution in [0.1, 0.15) is 29.4 Å². The number of hydrogen-bond acceptors (Lipinski definition) is 4. The molecule has 0 fully saturated rings. The Kier molecular flexibility index (Phi) is 3.91. The smallest absolute Gasteiger partial charge is 0.175 e. The Hall–Kier alpha value is -1.49. The van der Waals surface area contributed by atoms with Crippen molar-refractivity contribution in [2.24, 2.45) is 7.05 Å². The first-order valence-corrected chi connectivity index (χ1v) is 6.88. The Bertz CT molecular complexity index is 553. The molecule has 96 valence electrons. The van der Waals surface area contributed by atoms with Crippen LogP contribution in [0.25, 0.3) is 10.7 Å². The van der Waals surface area contributed by atoms with Crippen molar-refractivity contribution < 1.29 is 0 Å². The molecule has 0 saturated carbocycles. The summed E-state index contributed by atoms with van der Waals surface area (Å²) < 4.78 is 2.07. The van der Waals surface area contributed by atoms with Gasteiger partial charge in [0.05, 0.1) is 15.6 Å². The summed E-state index contributed by atoms with van der Waals surface area (Å²) >= 11 is 1.67. The predicted octanol–water partition coefficient (Wildman–Crippen LogP) is 3.06. The van der Waals surface area contributed by atoms with Gasteiger partial charge >= 0.3 is 0 Å². The van der Waals surface area contributed by atoms with E-state index in [0.29, 0.717) is 0 Å². The highest BCUT2D eigenvalue weighted by Gasteiger charge is 2.15. The fourth-order valence-electron chi connectivity index (χ4n) is 1.92. The lowest BCUT2D eigenvalue weighted by molar-refractivity contribution is 0.733. The first kappa shape index (κ1) is 13.0. The van der Waals surface area contributed by atoms with Crippen LogP contribution < -0.4 is 0 Å². The molecule has 0 aliphatic heterocycles. The van der Waals surface area contributed by atoms with Crippen molar-refractivity contribution in [3.63, 3.8) is 0 Å². The highest BCUT2D eigenvalue weighted by molar-refractivity contribution is 7.15. The second kappa shape index (κ2) is 5.44. The maximum Gasteiger partial charge on any atom is 0.175 e. The minimum absolute atomic E-state index is 0.923. The largest absolute Gasteiger partial charge is 0.313 e. The summed E-state index contributed by atoms with van der Waals surface area (Å²) in [5.74, 6) is 1.95. The SMILES string of the molecule is C=CCCCc1nnc(-c2sc(C)nc2C)n1C. The molecular formula is C13H18N4S. The van der Waals surface area contributed by atoms with Gasteiger partial charge in [-0.25, -0.2) is 4.98 Å². The number of hydrogen-bond donors (Lipinski definition) is 0. The van der Waals surface area contributed by atoms with E-state index in [-0.39, 0.29) is 0 Å². The van der Waals surface area contributed by atoms with E-state index in [0.717, 1.165) is 46.5 Å². The molecule has 0 atom stereocenters. The van der Waals surface area contributed by atoms with Crippen LogP contribution in [0.4, 0.5) is 0 Å². The maximum atomic E-state index is 4.44. The first-order chi connectivity index (χ1) is 8.63. The Balaban J connectivity index is 2.25. The molecule has 0 saturated heterocycles. The number of unbranched alkanes of at least 4 members (excludes halogenated alkanes) is 1. The van der Waals surface area contributed by atoms with E-state index in [4.69, 9.17) is 0 Å². The van der Waals surface area contributed by atoms with E-state index in [1.165, 1.54) is 0 Å². The minimum Gasteiger partial charge on any atom is -0.313 e. The summed E-state index contributed by atoms with van der Waals surface area (Å²) in [6.07, 6.45) is 4.96. The molecule has 2 aromatic rings. The molecular weight excluding hydrogens is 244 g/mol. The van der Waals surface area contributed by atoms with Gasteiger partial charge in [-0.15, -0.1) is 28.1 Å². The number of allylic oxidation sites excluding steroid dienone is 1. The van der Waals surface area contributed by atoms with Crippen molar-refractivity contribution in [1.29, 1.82) is 0 Å². The Labute approximate surface area is 111 Å². The maximum absolute atomic E-state index is 4.44. The van der Waals surface area contributed by atoms with Crippen LogP contribution in [-0.2, 0) is 13.5 Å². The summed E-state index contributed by atoms with van der Waals surface area (Å²) in [7, 11) is 2.02. The summed E-state index contributed by atoms with van der Waals surface area (Å²) in [5, 5.41) is 9.64. The van der Waals surface area contributed by atoms with Gasteiger partial charge < -0.3 is 4.57 Å². The third-order valence-corrected chi connectivity index (χ3v) is 3.95. The average molecular weight is 262 g/mol. The Morgan fingerprint density at radius 3 is 2.72 bits per heavy atom. The van der Waals surface area contributed by atoms with Crippen molar-refractivity contribution in [2.45, 2.75) is 33.1 Å². The van der Waals surface area contributed by atoms with Gasteiger partial charge in [-0.1, -0.05) is 6.08 Å². The standard InChI is InChI=1S/C13H18N4S/c1-5-6-7-8-11-15-16-13(17(11)4)12-9(2)14-10(3)18-12/h5H,1,6-8H2,2-4H3. The number of aryl methyl sites for hydroxylation is 3. The van der Waals surface area contributed by atoms with Crippen LogP contribution in [0.15, 0.2) is 12.7 Å². The van der Waals surface area contributed by atoms with Crippen molar-refractivity contribution >= 4 is 11.3 Å². The second-order valence-corrected chi connectivity index (χ2v) is 5.53. The van der Waals surface area contributed by atoms with Gasteiger partial charge in [-0.3, -0.25) is 0 Å². The van der Waals surface area contributed by atoms with Crippen molar-refractivity contribution in [1.82, 2.24) is 19.7 Å². The van der Waals surface area contributed by atoms with Gasteiger partial charge in [0.1, 0.15) is 5.82 Å². The molecule has 2 heterocycles. The third kappa shape index (κ3) is 2.51. The summed E-state index contributed by atoms with van der Waals surface area (Å²) in [5.41, 5.74) is 1.03. The molecule has 0 aliphatic rings. The minimum atomic E-state index is 0.923. The topological polar surface area (TPSA) is 43.6 Å². The van der Waals surface area contributed by atoms with E-state index in [1.54, 1.807) is 11.3 Å². The molecule has 2 aromatic heterocycles. The van der Waals surface area contributed by atoms with Gasteiger partial charge in [-0.05, 0) is 26.7 Å². The fraction of sp³-hybridized carbons (Fsp3) is 0.462. The van der Waals surface area contributed by atoms with E-state index < -0.39 is 0 Å². The fourth-order valence-corrected chi connectivity index (χ4v) is 2.86. The molecule has 0 aliphatic carbocycles. The number of rotatable bonds is 5. The summed E-state index contributed by atoms with van der Waals surface area (Å²) in [6, 6.07) is 0. The highest BCUT2D eigenvalue weighted by Crippen LogP contribution is 2.28. The van der Waals surface area contributed by atoms with Crippen LogP contribution in [-0.4, -0.2) is 19.7 Å². The zero-order chi connectivity index (χ0) is 13.1. The molecule has 0 amide bonds. The van der Waals surface area contributed by atoms with Crippen LogP contribution in [0, 0.1) is 13.8 Å². The number of nitrogens with zero attached hydrogens (tertiary/aromatic N) is 4. The normalized spacial score (nSPS) is 10.8. The highest BCUT2D eigenvalue weighted by atomic mass is 32.1. The lowest BCUT2D eigenvalue weighted by Gasteiger charge is -2.02. The molecule has 0 spiro atoms. The zero-order valence-corrected chi connectivity index (χ0v) is 11.9. The predicted molar refractivity (Wildman–Crippen MR) is 74.7 cm³/mol. The van der Waals surface area contributed by atoms with Crippen molar-refractivity contribution in [3.05, 3.63) is 29.2 Å². The van der Waals surface area contributed by atoms with E-state index in [2.05, 4.69) is 26.3 Å². The molecule has 4 nitrogen and oxygen atoms in total. The quantitative estimate of drug-likeness (QED) is 0.614. The zero-order valence-electron chi connectivity index (χ0n) is 11.1. The van der Waals surface area contributed by atoms with Gasteiger partial charge in [0.15, 0.2) is 5.82 Å². The van der Waals surface area contributed by atoms with E-state index in [1.807, 2.05) is 27.0 Å².